The van der Waals surface area contributed by atoms with Gasteiger partial charge in [0.05, 0.1) is 22.1 Å². The molecule has 140 valence electrons. The molecular weight excluding hydrogens is 404 g/mol. The SMILES string of the molecule is NC(=O)CSc1ccccc1NC(=O)CSc1nnc(-c2cccs2)n1N. The van der Waals surface area contributed by atoms with E-state index in [1.807, 2.05) is 29.6 Å². The molecule has 0 bridgehead atoms. The third kappa shape index (κ3) is 5.02. The van der Waals surface area contributed by atoms with Crippen LogP contribution in [0.15, 0.2) is 51.8 Å². The molecule has 0 radical (unpaired) electrons. The number of nitrogen functional groups attached to an aromatic ring is 1. The fourth-order valence-corrected chi connectivity index (χ4v) is 4.22. The van der Waals surface area contributed by atoms with Gasteiger partial charge in [-0.25, -0.2) is 4.68 Å². The highest BCUT2D eigenvalue weighted by atomic mass is 32.2. The van der Waals surface area contributed by atoms with Gasteiger partial charge in [-0.1, -0.05) is 30.0 Å². The van der Waals surface area contributed by atoms with E-state index in [1.165, 1.54) is 39.5 Å². The van der Waals surface area contributed by atoms with E-state index in [0.29, 0.717) is 16.7 Å². The molecule has 3 rings (SSSR count). The molecule has 3 aromatic rings. The molecule has 2 amide bonds. The minimum absolute atomic E-state index is 0.120. The van der Waals surface area contributed by atoms with E-state index in [0.717, 1.165) is 9.77 Å². The van der Waals surface area contributed by atoms with Gasteiger partial charge in [-0.3, -0.25) is 9.59 Å². The molecule has 0 aliphatic carbocycles. The van der Waals surface area contributed by atoms with Crippen LogP contribution in [0, 0.1) is 0 Å². The highest BCUT2D eigenvalue weighted by Gasteiger charge is 2.15. The van der Waals surface area contributed by atoms with E-state index in [1.54, 1.807) is 12.1 Å². The van der Waals surface area contributed by atoms with Gasteiger partial charge in [0.15, 0.2) is 5.82 Å². The van der Waals surface area contributed by atoms with Gasteiger partial charge in [-0.05, 0) is 23.6 Å². The number of nitrogens with one attached hydrogen (secondary N) is 1. The molecule has 0 saturated carbocycles. The zero-order valence-electron chi connectivity index (χ0n) is 14.0. The molecule has 0 spiro atoms. The number of anilines is 1. The molecule has 1 aromatic carbocycles. The van der Waals surface area contributed by atoms with Crippen molar-refractivity contribution in [2.24, 2.45) is 5.73 Å². The second-order valence-corrected chi connectivity index (χ2v) is 8.15. The van der Waals surface area contributed by atoms with Crippen molar-refractivity contribution in [1.82, 2.24) is 14.9 Å². The summed E-state index contributed by atoms with van der Waals surface area (Å²) in [6, 6.07) is 11.0. The summed E-state index contributed by atoms with van der Waals surface area (Å²) < 4.78 is 1.38. The van der Waals surface area contributed by atoms with Crippen molar-refractivity contribution in [3.63, 3.8) is 0 Å². The van der Waals surface area contributed by atoms with E-state index >= 15 is 0 Å². The topological polar surface area (TPSA) is 129 Å². The van der Waals surface area contributed by atoms with Crippen molar-refractivity contribution in [2.75, 3.05) is 22.7 Å². The van der Waals surface area contributed by atoms with Crippen LogP contribution in [0.3, 0.4) is 0 Å². The second kappa shape index (κ2) is 8.93. The molecule has 0 atom stereocenters. The highest BCUT2D eigenvalue weighted by molar-refractivity contribution is 8.00. The van der Waals surface area contributed by atoms with Crippen LogP contribution in [0.4, 0.5) is 5.69 Å². The van der Waals surface area contributed by atoms with Crippen LogP contribution in [0.25, 0.3) is 10.7 Å². The molecular formula is C16H16N6O2S3. The number of hydrogen-bond acceptors (Lipinski definition) is 8. The lowest BCUT2D eigenvalue weighted by Crippen LogP contribution is -2.17. The largest absolute Gasteiger partial charge is 0.369 e. The number of amides is 2. The lowest BCUT2D eigenvalue weighted by atomic mass is 10.3. The third-order valence-corrected chi connectivity index (χ3v) is 6.17. The molecule has 2 aromatic heterocycles. The maximum Gasteiger partial charge on any atom is 0.234 e. The summed E-state index contributed by atoms with van der Waals surface area (Å²) in [5.41, 5.74) is 5.81. The van der Waals surface area contributed by atoms with Gasteiger partial charge in [-0.15, -0.1) is 33.3 Å². The molecule has 27 heavy (non-hydrogen) atoms. The van der Waals surface area contributed by atoms with Crippen molar-refractivity contribution >= 4 is 52.4 Å². The maximum atomic E-state index is 12.3. The van der Waals surface area contributed by atoms with Gasteiger partial charge in [0.1, 0.15) is 0 Å². The third-order valence-electron chi connectivity index (χ3n) is 3.27. The quantitative estimate of drug-likeness (QED) is 0.375. The van der Waals surface area contributed by atoms with E-state index in [9.17, 15) is 9.59 Å². The van der Waals surface area contributed by atoms with E-state index in [-0.39, 0.29) is 17.4 Å². The van der Waals surface area contributed by atoms with Gasteiger partial charge in [0, 0.05) is 4.90 Å². The Bertz CT molecular complexity index is 942. The Hall–Kier alpha value is -2.50. The van der Waals surface area contributed by atoms with Crippen LogP contribution in [-0.4, -0.2) is 38.2 Å². The molecule has 8 nitrogen and oxygen atoms in total. The lowest BCUT2D eigenvalue weighted by molar-refractivity contribution is -0.115. The molecule has 0 fully saturated rings. The number of thiophene rings is 1. The summed E-state index contributed by atoms with van der Waals surface area (Å²) in [6.45, 7) is 0. The summed E-state index contributed by atoms with van der Waals surface area (Å²) in [7, 11) is 0. The molecule has 0 saturated heterocycles. The number of benzene rings is 1. The number of nitrogens with zero attached hydrogens (tertiary/aromatic N) is 3. The Morgan fingerprint density at radius 3 is 2.67 bits per heavy atom. The molecule has 0 aliphatic rings. The second-order valence-electron chi connectivity index (χ2n) is 5.24. The molecule has 0 unspecified atom stereocenters. The number of carbonyl (C=O) groups excluding carboxylic acids is 2. The summed E-state index contributed by atoms with van der Waals surface area (Å²) in [4.78, 5) is 24.9. The number of nitrogens with two attached hydrogens (primary N) is 2. The minimum Gasteiger partial charge on any atom is -0.369 e. The van der Waals surface area contributed by atoms with Crippen LogP contribution in [0.2, 0.25) is 0 Å². The Morgan fingerprint density at radius 1 is 1.11 bits per heavy atom. The first-order valence-electron chi connectivity index (χ1n) is 7.71. The average Bonchev–Trinajstić information content (AvgIpc) is 3.29. The fraction of sp³-hybridized carbons (Fsp3) is 0.125. The fourth-order valence-electron chi connectivity index (χ4n) is 2.11. The van der Waals surface area contributed by atoms with Crippen molar-refractivity contribution in [3.05, 3.63) is 41.8 Å². The number of thioether (sulfide) groups is 2. The minimum atomic E-state index is -0.416. The normalized spacial score (nSPS) is 10.7. The molecule has 11 heteroatoms. The van der Waals surface area contributed by atoms with Crippen LogP contribution in [0.1, 0.15) is 0 Å². The number of aromatic nitrogens is 3. The van der Waals surface area contributed by atoms with Crippen molar-refractivity contribution < 1.29 is 9.59 Å². The van der Waals surface area contributed by atoms with Crippen LogP contribution < -0.4 is 16.9 Å². The summed E-state index contributed by atoms with van der Waals surface area (Å²) in [5, 5.41) is 13.3. The summed E-state index contributed by atoms with van der Waals surface area (Å²) in [5.74, 6) is 6.21. The smallest absolute Gasteiger partial charge is 0.234 e. The van der Waals surface area contributed by atoms with E-state index < -0.39 is 5.91 Å². The van der Waals surface area contributed by atoms with Gasteiger partial charge in [-0.2, -0.15) is 0 Å². The first-order chi connectivity index (χ1) is 13.0. The Morgan fingerprint density at radius 2 is 1.93 bits per heavy atom. The van der Waals surface area contributed by atoms with Crippen molar-refractivity contribution in [3.8, 4) is 10.7 Å². The lowest BCUT2D eigenvalue weighted by Gasteiger charge is -2.10. The van der Waals surface area contributed by atoms with Gasteiger partial charge >= 0.3 is 0 Å². The molecule has 0 aliphatic heterocycles. The Kier molecular flexibility index (Phi) is 6.37. The average molecular weight is 421 g/mol. The van der Waals surface area contributed by atoms with E-state index in [2.05, 4.69) is 15.5 Å². The zero-order chi connectivity index (χ0) is 19.2. The standard InChI is InChI=1S/C16H16N6O2S3/c17-13(23)8-26-11-5-2-1-4-10(11)19-14(24)9-27-16-21-20-15(22(16)18)12-6-3-7-25-12/h1-7H,8-9,18H2,(H2,17,23)(H,19,24). The molecule has 5 N–H and O–H groups in total. The van der Waals surface area contributed by atoms with Crippen LogP contribution >= 0.6 is 34.9 Å². The van der Waals surface area contributed by atoms with E-state index in [4.69, 9.17) is 11.6 Å². The van der Waals surface area contributed by atoms with Crippen molar-refractivity contribution in [1.29, 1.82) is 0 Å². The first-order valence-corrected chi connectivity index (χ1v) is 10.6. The highest BCUT2D eigenvalue weighted by Crippen LogP contribution is 2.28. The number of primary amides is 1. The van der Waals surface area contributed by atoms with Gasteiger partial charge in [0.25, 0.3) is 0 Å². The summed E-state index contributed by atoms with van der Waals surface area (Å²) >= 11 is 3.98. The van der Waals surface area contributed by atoms with Crippen molar-refractivity contribution in [2.45, 2.75) is 10.1 Å². The number of para-hydroxylation sites is 1. The van der Waals surface area contributed by atoms with Crippen LogP contribution in [-0.2, 0) is 9.59 Å². The van der Waals surface area contributed by atoms with Crippen LogP contribution in [0.5, 0.6) is 0 Å². The predicted octanol–water partition coefficient (Wildman–Crippen LogP) is 2.03. The Balaban J connectivity index is 1.60. The summed E-state index contributed by atoms with van der Waals surface area (Å²) in [6.07, 6.45) is 0. The number of rotatable bonds is 8. The monoisotopic (exact) mass is 420 g/mol. The number of carbonyl (C=O) groups is 2. The van der Waals surface area contributed by atoms with Gasteiger partial charge in [0.2, 0.25) is 17.0 Å². The maximum absolute atomic E-state index is 12.3. The predicted molar refractivity (Wildman–Crippen MR) is 109 cm³/mol. The number of hydrogen-bond donors (Lipinski definition) is 3. The zero-order valence-corrected chi connectivity index (χ0v) is 16.4. The first kappa shape index (κ1) is 19.3. The molecule has 2 heterocycles. The Labute approximate surface area is 167 Å². The van der Waals surface area contributed by atoms with Gasteiger partial charge < -0.3 is 16.9 Å².